The Morgan fingerprint density at radius 3 is 2.58 bits per heavy atom. The van der Waals surface area contributed by atoms with Crippen LogP contribution in [0.2, 0.25) is 0 Å². The van der Waals surface area contributed by atoms with Crippen molar-refractivity contribution in [3.05, 3.63) is 53.2 Å². The smallest absolute Gasteiger partial charge is 0.243 e. The highest BCUT2D eigenvalue weighted by Crippen LogP contribution is 2.26. The summed E-state index contributed by atoms with van der Waals surface area (Å²) < 4.78 is 32.3. The summed E-state index contributed by atoms with van der Waals surface area (Å²) in [6, 6.07) is 10.5. The van der Waals surface area contributed by atoms with Crippen LogP contribution < -0.4 is 4.74 Å². The summed E-state index contributed by atoms with van der Waals surface area (Å²) in [6.45, 7) is 4.31. The number of aromatic nitrogens is 1. The van der Waals surface area contributed by atoms with E-state index >= 15 is 0 Å². The normalized spacial score (nSPS) is 15.5. The fourth-order valence-electron chi connectivity index (χ4n) is 2.59. The lowest BCUT2D eigenvalue weighted by Gasteiger charge is -2.37. The first-order valence-corrected chi connectivity index (χ1v) is 8.94. The molecule has 0 aliphatic carbocycles. The molecule has 0 amide bonds. The standard InChI is InChI=1S/C17H17N3O3S/c1-12-3-5-16(13(2)7-12)24(21,22)20-10-15(11-20)23-17-6-4-14(8-18)9-19-17/h3-7,9,15H,10-11H2,1-2H3. The van der Waals surface area contributed by atoms with Gasteiger partial charge in [0.05, 0.1) is 23.5 Å². The Morgan fingerprint density at radius 2 is 2.00 bits per heavy atom. The lowest BCUT2D eigenvalue weighted by Crippen LogP contribution is -2.56. The van der Waals surface area contributed by atoms with Crippen LogP contribution in [0.1, 0.15) is 16.7 Å². The molecule has 1 aliphatic heterocycles. The topological polar surface area (TPSA) is 83.3 Å². The van der Waals surface area contributed by atoms with Crippen LogP contribution in [0.15, 0.2) is 41.4 Å². The van der Waals surface area contributed by atoms with Gasteiger partial charge < -0.3 is 4.74 Å². The minimum Gasteiger partial charge on any atom is -0.472 e. The molecular formula is C17H17N3O3S. The molecule has 1 aromatic carbocycles. The minimum atomic E-state index is -3.50. The fourth-order valence-corrected chi connectivity index (χ4v) is 4.30. The van der Waals surface area contributed by atoms with E-state index in [0.717, 1.165) is 11.1 Å². The van der Waals surface area contributed by atoms with Crippen molar-refractivity contribution in [3.8, 4) is 11.9 Å². The third kappa shape index (κ3) is 3.11. The van der Waals surface area contributed by atoms with E-state index in [-0.39, 0.29) is 19.2 Å². The van der Waals surface area contributed by atoms with Gasteiger partial charge in [0.15, 0.2) is 0 Å². The van der Waals surface area contributed by atoms with E-state index in [1.807, 2.05) is 19.1 Å². The highest BCUT2D eigenvalue weighted by Gasteiger charge is 2.38. The van der Waals surface area contributed by atoms with Crippen molar-refractivity contribution in [2.45, 2.75) is 24.8 Å². The molecule has 0 saturated carbocycles. The maximum Gasteiger partial charge on any atom is 0.243 e. The molecule has 2 heterocycles. The van der Waals surface area contributed by atoms with Gasteiger partial charge in [-0.2, -0.15) is 9.57 Å². The summed E-state index contributed by atoms with van der Waals surface area (Å²) in [5.74, 6) is 0.391. The highest BCUT2D eigenvalue weighted by molar-refractivity contribution is 7.89. The van der Waals surface area contributed by atoms with Crippen molar-refractivity contribution >= 4 is 10.0 Å². The number of hydrogen-bond donors (Lipinski definition) is 0. The van der Waals surface area contributed by atoms with Gasteiger partial charge in [-0.3, -0.25) is 0 Å². The number of benzene rings is 1. The van der Waals surface area contributed by atoms with Crippen LogP contribution in [0, 0.1) is 25.2 Å². The van der Waals surface area contributed by atoms with Crippen molar-refractivity contribution in [2.24, 2.45) is 0 Å². The monoisotopic (exact) mass is 343 g/mol. The SMILES string of the molecule is Cc1ccc(S(=O)(=O)N2CC(Oc3ccc(C#N)cn3)C2)c(C)c1. The average Bonchev–Trinajstić information content (AvgIpc) is 2.50. The van der Waals surface area contributed by atoms with Gasteiger partial charge >= 0.3 is 0 Å². The summed E-state index contributed by atoms with van der Waals surface area (Å²) in [5, 5.41) is 8.74. The lowest BCUT2D eigenvalue weighted by molar-refractivity contribution is 0.0720. The molecule has 0 N–H and O–H groups in total. The largest absolute Gasteiger partial charge is 0.472 e. The first kappa shape index (κ1) is 16.4. The second-order valence-corrected chi connectivity index (χ2v) is 7.73. The average molecular weight is 343 g/mol. The zero-order valence-corrected chi connectivity index (χ0v) is 14.2. The van der Waals surface area contributed by atoms with E-state index in [1.54, 1.807) is 31.2 Å². The number of aryl methyl sites for hydroxylation is 2. The van der Waals surface area contributed by atoms with Crippen LogP contribution in [0.3, 0.4) is 0 Å². The molecule has 7 heteroatoms. The Hall–Kier alpha value is -2.43. The molecule has 124 valence electrons. The van der Waals surface area contributed by atoms with Gasteiger partial charge in [-0.25, -0.2) is 13.4 Å². The van der Waals surface area contributed by atoms with Crippen molar-refractivity contribution in [1.29, 1.82) is 5.26 Å². The molecule has 1 aliphatic rings. The lowest BCUT2D eigenvalue weighted by atomic mass is 10.2. The molecule has 3 rings (SSSR count). The van der Waals surface area contributed by atoms with Gasteiger partial charge in [0, 0.05) is 12.3 Å². The van der Waals surface area contributed by atoms with Crippen LogP contribution >= 0.6 is 0 Å². The molecule has 2 aromatic rings. The van der Waals surface area contributed by atoms with E-state index in [0.29, 0.717) is 16.3 Å². The van der Waals surface area contributed by atoms with Gasteiger partial charge in [-0.1, -0.05) is 17.7 Å². The first-order chi connectivity index (χ1) is 11.4. The summed E-state index contributed by atoms with van der Waals surface area (Å²) in [5.41, 5.74) is 2.23. The Balaban J connectivity index is 1.66. The summed E-state index contributed by atoms with van der Waals surface area (Å²) >= 11 is 0. The van der Waals surface area contributed by atoms with E-state index < -0.39 is 10.0 Å². The summed E-state index contributed by atoms with van der Waals surface area (Å²) in [6.07, 6.45) is 1.20. The van der Waals surface area contributed by atoms with E-state index in [4.69, 9.17) is 10.00 Å². The van der Waals surface area contributed by atoms with Crippen molar-refractivity contribution in [1.82, 2.24) is 9.29 Å². The first-order valence-electron chi connectivity index (χ1n) is 7.50. The maximum absolute atomic E-state index is 12.6. The Kier molecular flexibility index (Phi) is 4.26. The molecule has 0 spiro atoms. The van der Waals surface area contributed by atoms with E-state index in [2.05, 4.69) is 4.98 Å². The van der Waals surface area contributed by atoms with Gasteiger partial charge in [0.2, 0.25) is 15.9 Å². The van der Waals surface area contributed by atoms with Crippen LogP contribution in [0.4, 0.5) is 0 Å². The Bertz CT molecular complexity index is 896. The molecule has 0 radical (unpaired) electrons. The molecule has 0 atom stereocenters. The number of pyridine rings is 1. The van der Waals surface area contributed by atoms with Gasteiger partial charge in [-0.05, 0) is 31.5 Å². The van der Waals surface area contributed by atoms with Crippen LogP contribution in [-0.2, 0) is 10.0 Å². The number of hydrogen-bond acceptors (Lipinski definition) is 5. The van der Waals surface area contributed by atoms with Crippen molar-refractivity contribution < 1.29 is 13.2 Å². The van der Waals surface area contributed by atoms with Crippen molar-refractivity contribution in [3.63, 3.8) is 0 Å². The minimum absolute atomic E-state index is 0.231. The fraction of sp³-hybridized carbons (Fsp3) is 0.294. The predicted octanol–water partition coefficient (Wildman–Crippen LogP) is 2.02. The quantitative estimate of drug-likeness (QED) is 0.848. The number of rotatable bonds is 4. The third-order valence-electron chi connectivity index (χ3n) is 3.92. The van der Waals surface area contributed by atoms with E-state index in [9.17, 15) is 8.42 Å². The summed E-state index contributed by atoms with van der Waals surface area (Å²) in [4.78, 5) is 4.36. The van der Waals surface area contributed by atoms with Crippen LogP contribution in [0.5, 0.6) is 5.88 Å². The number of nitrogens with zero attached hydrogens (tertiary/aromatic N) is 3. The molecular weight excluding hydrogens is 326 g/mol. The molecule has 0 bridgehead atoms. The van der Waals surface area contributed by atoms with Gasteiger partial charge in [0.1, 0.15) is 12.2 Å². The molecule has 0 unspecified atom stereocenters. The van der Waals surface area contributed by atoms with Gasteiger partial charge in [-0.15, -0.1) is 0 Å². The second-order valence-electron chi connectivity index (χ2n) is 5.83. The van der Waals surface area contributed by atoms with Crippen LogP contribution in [-0.4, -0.2) is 36.9 Å². The van der Waals surface area contributed by atoms with Crippen molar-refractivity contribution in [2.75, 3.05) is 13.1 Å². The zero-order valence-electron chi connectivity index (χ0n) is 13.4. The second kappa shape index (κ2) is 6.23. The van der Waals surface area contributed by atoms with Gasteiger partial charge in [0.25, 0.3) is 0 Å². The third-order valence-corrected chi connectivity index (χ3v) is 5.91. The number of nitriles is 1. The Labute approximate surface area is 141 Å². The number of ether oxygens (including phenoxy) is 1. The molecule has 6 nitrogen and oxygen atoms in total. The van der Waals surface area contributed by atoms with Crippen LogP contribution in [0.25, 0.3) is 0 Å². The molecule has 1 fully saturated rings. The van der Waals surface area contributed by atoms with E-state index in [1.165, 1.54) is 10.5 Å². The zero-order chi connectivity index (χ0) is 17.3. The number of sulfonamides is 1. The molecule has 24 heavy (non-hydrogen) atoms. The highest BCUT2D eigenvalue weighted by atomic mass is 32.2. The predicted molar refractivity (Wildman–Crippen MR) is 88.0 cm³/mol. The maximum atomic E-state index is 12.6. The summed E-state index contributed by atoms with van der Waals surface area (Å²) in [7, 11) is -3.50. The Morgan fingerprint density at radius 1 is 1.25 bits per heavy atom. The molecule has 1 saturated heterocycles. The molecule has 1 aromatic heterocycles.